The molecule has 1 aromatic heterocycles. The smallest absolute Gasteiger partial charge is 0.405 e. The van der Waals surface area contributed by atoms with E-state index in [1.807, 2.05) is 0 Å². The number of aliphatic hydroxyl groups excluding tert-OH is 1. The number of halogens is 3. The van der Waals surface area contributed by atoms with Crippen LogP contribution in [0.15, 0.2) is 6.20 Å². The number of alkyl halides is 3. The molecule has 0 saturated heterocycles. The lowest BCUT2D eigenvalue weighted by Crippen LogP contribution is -2.20. The number of nitrogens with two attached hydrogens (primary N) is 1. The Hall–Kier alpha value is -1.34. The van der Waals surface area contributed by atoms with E-state index in [-0.39, 0.29) is 29.1 Å². The van der Waals surface area contributed by atoms with Gasteiger partial charge in [0.1, 0.15) is 5.75 Å². The van der Waals surface area contributed by atoms with Gasteiger partial charge in [0.25, 0.3) is 0 Å². The Bertz CT molecular complexity index is 380. The van der Waals surface area contributed by atoms with Gasteiger partial charge in [-0.3, -0.25) is 4.98 Å². The third-order valence-corrected chi connectivity index (χ3v) is 1.97. The van der Waals surface area contributed by atoms with Gasteiger partial charge >= 0.3 is 6.36 Å². The Morgan fingerprint density at radius 1 is 1.50 bits per heavy atom. The van der Waals surface area contributed by atoms with E-state index in [1.165, 1.54) is 13.1 Å². The van der Waals surface area contributed by atoms with Gasteiger partial charge in [-0.25, -0.2) is 0 Å². The molecular formula is C9H11F3N2O2. The Kier molecular flexibility index (Phi) is 3.71. The van der Waals surface area contributed by atoms with Crippen LogP contribution in [0.25, 0.3) is 0 Å². The lowest BCUT2D eigenvalue weighted by Gasteiger charge is -2.16. The fourth-order valence-corrected chi connectivity index (χ4v) is 1.28. The highest BCUT2D eigenvalue weighted by Gasteiger charge is 2.33. The maximum Gasteiger partial charge on any atom is 0.573 e. The van der Waals surface area contributed by atoms with Crippen molar-refractivity contribution in [2.75, 3.05) is 0 Å². The van der Waals surface area contributed by atoms with Crippen LogP contribution >= 0.6 is 0 Å². The van der Waals surface area contributed by atoms with E-state index in [9.17, 15) is 13.2 Å². The Balaban J connectivity index is 3.23. The summed E-state index contributed by atoms with van der Waals surface area (Å²) in [6, 6.07) is 0. The first-order valence-corrected chi connectivity index (χ1v) is 4.43. The van der Waals surface area contributed by atoms with Crippen molar-refractivity contribution in [3.8, 4) is 5.75 Å². The molecule has 0 bridgehead atoms. The van der Waals surface area contributed by atoms with Crippen LogP contribution in [0.1, 0.15) is 16.8 Å². The zero-order valence-electron chi connectivity index (χ0n) is 8.51. The fraction of sp³-hybridized carbons (Fsp3) is 0.444. The first kappa shape index (κ1) is 12.7. The predicted octanol–water partition coefficient (Wildman–Crippen LogP) is 1.24. The van der Waals surface area contributed by atoms with Crippen molar-refractivity contribution in [3.05, 3.63) is 23.0 Å². The highest BCUT2D eigenvalue weighted by molar-refractivity contribution is 5.42. The SMILES string of the molecule is Cc1cnc(CO)c(CN)c1OC(F)(F)F. The third-order valence-electron chi connectivity index (χ3n) is 1.97. The van der Waals surface area contributed by atoms with Crippen molar-refractivity contribution < 1.29 is 23.0 Å². The standard InChI is InChI=1S/C9H11F3N2O2/c1-5-3-14-7(4-15)6(2-13)8(5)16-9(10,11)12/h3,15H,2,4,13H2,1H3. The number of pyridine rings is 1. The molecular weight excluding hydrogens is 225 g/mol. The summed E-state index contributed by atoms with van der Waals surface area (Å²) in [5, 5.41) is 8.91. The molecule has 7 heteroatoms. The average Bonchev–Trinajstić information content (AvgIpc) is 2.19. The number of aliphatic hydroxyl groups is 1. The number of nitrogens with zero attached hydrogens (tertiary/aromatic N) is 1. The van der Waals surface area contributed by atoms with Crippen molar-refractivity contribution in [2.24, 2.45) is 5.73 Å². The van der Waals surface area contributed by atoms with Gasteiger partial charge in [0.15, 0.2) is 0 Å². The van der Waals surface area contributed by atoms with Crippen LogP contribution < -0.4 is 10.5 Å². The Morgan fingerprint density at radius 3 is 2.56 bits per heavy atom. The molecule has 90 valence electrons. The van der Waals surface area contributed by atoms with Crippen molar-refractivity contribution in [3.63, 3.8) is 0 Å². The van der Waals surface area contributed by atoms with E-state index in [1.54, 1.807) is 0 Å². The summed E-state index contributed by atoms with van der Waals surface area (Å²) in [4.78, 5) is 3.78. The number of ether oxygens (including phenoxy) is 1. The lowest BCUT2D eigenvalue weighted by molar-refractivity contribution is -0.275. The molecule has 0 unspecified atom stereocenters. The second kappa shape index (κ2) is 4.67. The first-order valence-electron chi connectivity index (χ1n) is 4.43. The zero-order chi connectivity index (χ0) is 12.3. The average molecular weight is 236 g/mol. The number of rotatable bonds is 3. The van der Waals surface area contributed by atoms with Gasteiger partial charge in [-0.2, -0.15) is 0 Å². The van der Waals surface area contributed by atoms with E-state index in [0.717, 1.165) is 0 Å². The number of aryl methyl sites for hydroxylation is 1. The van der Waals surface area contributed by atoms with Gasteiger partial charge in [-0.05, 0) is 6.92 Å². The molecule has 0 radical (unpaired) electrons. The quantitative estimate of drug-likeness (QED) is 0.828. The summed E-state index contributed by atoms with van der Waals surface area (Å²) in [7, 11) is 0. The Labute approximate surface area is 89.9 Å². The van der Waals surface area contributed by atoms with E-state index in [2.05, 4.69) is 9.72 Å². The summed E-state index contributed by atoms with van der Waals surface area (Å²) in [6.45, 7) is 0.755. The molecule has 4 nitrogen and oxygen atoms in total. The number of hydrogen-bond acceptors (Lipinski definition) is 4. The predicted molar refractivity (Wildman–Crippen MR) is 49.5 cm³/mol. The third kappa shape index (κ3) is 2.83. The van der Waals surface area contributed by atoms with Crippen LogP contribution in [0, 0.1) is 6.92 Å². The van der Waals surface area contributed by atoms with E-state index in [4.69, 9.17) is 10.8 Å². The maximum absolute atomic E-state index is 12.1. The van der Waals surface area contributed by atoms with Gasteiger partial charge in [0, 0.05) is 23.9 Å². The molecule has 3 N–H and O–H groups in total. The molecule has 1 rings (SSSR count). The molecule has 0 aliphatic carbocycles. The van der Waals surface area contributed by atoms with Crippen molar-refractivity contribution in [1.82, 2.24) is 4.98 Å². The van der Waals surface area contributed by atoms with Gasteiger partial charge < -0.3 is 15.6 Å². The molecule has 16 heavy (non-hydrogen) atoms. The van der Waals surface area contributed by atoms with E-state index in [0.29, 0.717) is 0 Å². The highest BCUT2D eigenvalue weighted by Crippen LogP contribution is 2.30. The van der Waals surface area contributed by atoms with Crippen molar-refractivity contribution >= 4 is 0 Å². The summed E-state index contributed by atoms with van der Waals surface area (Å²) >= 11 is 0. The second-order valence-electron chi connectivity index (χ2n) is 3.11. The van der Waals surface area contributed by atoms with E-state index >= 15 is 0 Å². The van der Waals surface area contributed by atoms with Crippen molar-refractivity contribution in [1.29, 1.82) is 0 Å². The van der Waals surface area contributed by atoms with Gasteiger partial charge in [0.2, 0.25) is 0 Å². The van der Waals surface area contributed by atoms with Gasteiger partial charge in [-0.15, -0.1) is 13.2 Å². The normalized spacial score (nSPS) is 11.6. The van der Waals surface area contributed by atoms with Crippen LogP contribution in [0.2, 0.25) is 0 Å². The van der Waals surface area contributed by atoms with Crippen LogP contribution in [0.3, 0.4) is 0 Å². The number of aromatic nitrogens is 1. The van der Waals surface area contributed by atoms with Crippen molar-refractivity contribution in [2.45, 2.75) is 26.4 Å². The fourth-order valence-electron chi connectivity index (χ4n) is 1.28. The second-order valence-corrected chi connectivity index (χ2v) is 3.11. The maximum atomic E-state index is 12.1. The molecule has 0 saturated carbocycles. The van der Waals surface area contributed by atoms with Crippen LogP contribution in [0.4, 0.5) is 13.2 Å². The monoisotopic (exact) mass is 236 g/mol. The van der Waals surface area contributed by atoms with Gasteiger partial charge in [-0.1, -0.05) is 0 Å². The summed E-state index contributed by atoms with van der Waals surface area (Å²) < 4.78 is 40.2. The minimum Gasteiger partial charge on any atom is -0.405 e. The molecule has 0 spiro atoms. The molecule has 0 aliphatic rings. The van der Waals surface area contributed by atoms with Gasteiger partial charge in [0.05, 0.1) is 12.3 Å². The molecule has 0 fully saturated rings. The highest BCUT2D eigenvalue weighted by atomic mass is 19.4. The summed E-state index contributed by atoms with van der Waals surface area (Å²) in [5.41, 5.74) is 5.69. The summed E-state index contributed by atoms with van der Waals surface area (Å²) in [6.07, 6.45) is -3.59. The zero-order valence-corrected chi connectivity index (χ0v) is 8.51. The molecule has 1 heterocycles. The molecule has 0 atom stereocenters. The van der Waals surface area contributed by atoms with E-state index < -0.39 is 13.0 Å². The van der Waals surface area contributed by atoms with Crippen LogP contribution in [0.5, 0.6) is 5.75 Å². The van der Waals surface area contributed by atoms with Crippen LogP contribution in [-0.2, 0) is 13.2 Å². The summed E-state index contributed by atoms with van der Waals surface area (Å²) in [5.74, 6) is -0.381. The first-order chi connectivity index (χ1) is 7.39. The number of hydrogen-bond donors (Lipinski definition) is 2. The molecule has 0 aromatic carbocycles. The molecule has 0 amide bonds. The molecule has 0 aliphatic heterocycles. The minimum absolute atomic E-state index is 0.0693. The van der Waals surface area contributed by atoms with Crippen LogP contribution in [-0.4, -0.2) is 16.5 Å². The topological polar surface area (TPSA) is 68.4 Å². The minimum atomic E-state index is -4.79. The Morgan fingerprint density at radius 2 is 2.12 bits per heavy atom. The largest absolute Gasteiger partial charge is 0.573 e. The molecule has 1 aromatic rings. The lowest BCUT2D eigenvalue weighted by atomic mass is 10.1.